The van der Waals surface area contributed by atoms with Crippen molar-refractivity contribution in [3.63, 3.8) is 0 Å². The van der Waals surface area contributed by atoms with Crippen LogP contribution in [-0.4, -0.2) is 15.3 Å². The van der Waals surface area contributed by atoms with E-state index < -0.39 is 0 Å². The Kier molecular flexibility index (Phi) is 2.72. The van der Waals surface area contributed by atoms with Crippen molar-refractivity contribution < 1.29 is 4.79 Å². The molecule has 94 valence electrons. The normalized spacial score (nSPS) is 10.8. The minimum absolute atomic E-state index is 0.274. The summed E-state index contributed by atoms with van der Waals surface area (Å²) in [6.07, 6.45) is 3.89. The van der Waals surface area contributed by atoms with Gasteiger partial charge in [0.1, 0.15) is 11.2 Å². The van der Waals surface area contributed by atoms with Crippen LogP contribution in [-0.2, 0) is 0 Å². The van der Waals surface area contributed by atoms with E-state index in [4.69, 9.17) is 11.6 Å². The van der Waals surface area contributed by atoms with E-state index in [1.807, 2.05) is 6.07 Å². The van der Waals surface area contributed by atoms with Gasteiger partial charge < -0.3 is 4.40 Å². The molecule has 3 rings (SSSR count). The minimum atomic E-state index is -0.314. The number of carbonyl (C=O) groups is 1. The third-order valence-electron chi connectivity index (χ3n) is 2.94. The van der Waals surface area contributed by atoms with Crippen LogP contribution in [0.15, 0.2) is 53.6 Å². The molecular formula is C14H9ClN2O2. The zero-order chi connectivity index (χ0) is 13.4. The molecule has 3 aromatic rings. The van der Waals surface area contributed by atoms with Crippen molar-refractivity contribution in [2.75, 3.05) is 0 Å². The predicted octanol–water partition coefficient (Wildman–Crippen LogP) is 2.56. The first-order valence-electron chi connectivity index (χ1n) is 5.65. The Labute approximate surface area is 113 Å². The standard InChI is InChI=1S/C14H9ClN2O2/c15-12-6-7-16-8-11(9-18)17(14(19)13(12)16)10-4-2-1-3-5-10/h1-9H. The second kappa shape index (κ2) is 4.40. The maximum absolute atomic E-state index is 12.5. The average Bonchev–Trinajstić information content (AvgIpc) is 2.81. The lowest BCUT2D eigenvalue weighted by Gasteiger charge is -2.10. The fraction of sp³-hybridized carbons (Fsp3) is 0. The fourth-order valence-corrected chi connectivity index (χ4v) is 2.33. The van der Waals surface area contributed by atoms with Crippen LogP contribution in [0.3, 0.4) is 0 Å². The summed E-state index contributed by atoms with van der Waals surface area (Å²) in [5.41, 5.74) is 0.951. The molecule has 0 saturated carbocycles. The van der Waals surface area contributed by atoms with E-state index in [0.29, 0.717) is 22.5 Å². The van der Waals surface area contributed by atoms with Gasteiger partial charge in [0.25, 0.3) is 5.56 Å². The molecule has 2 aromatic heterocycles. The second-order valence-electron chi connectivity index (χ2n) is 4.07. The molecule has 0 N–H and O–H groups in total. The number of para-hydroxylation sites is 1. The van der Waals surface area contributed by atoms with Crippen molar-refractivity contribution >= 4 is 23.4 Å². The number of rotatable bonds is 2. The van der Waals surface area contributed by atoms with Crippen molar-refractivity contribution in [2.45, 2.75) is 0 Å². The highest BCUT2D eigenvalue weighted by molar-refractivity contribution is 6.33. The monoisotopic (exact) mass is 272 g/mol. The van der Waals surface area contributed by atoms with E-state index >= 15 is 0 Å². The first-order chi connectivity index (χ1) is 9.22. The van der Waals surface area contributed by atoms with Gasteiger partial charge in [0.2, 0.25) is 0 Å². The SMILES string of the molecule is O=Cc1cn2ccc(Cl)c2c(=O)n1-c1ccccc1. The Balaban J connectivity index is 2.46. The summed E-state index contributed by atoms with van der Waals surface area (Å²) >= 11 is 6.01. The van der Waals surface area contributed by atoms with Gasteiger partial charge in [0, 0.05) is 18.1 Å². The maximum atomic E-state index is 12.5. The highest BCUT2D eigenvalue weighted by Crippen LogP contribution is 2.17. The number of fused-ring (bicyclic) bond motifs is 1. The molecule has 0 radical (unpaired) electrons. The first kappa shape index (κ1) is 11.7. The van der Waals surface area contributed by atoms with Gasteiger partial charge in [0.15, 0.2) is 6.29 Å². The van der Waals surface area contributed by atoms with Gasteiger partial charge in [-0.1, -0.05) is 29.8 Å². The second-order valence-corrected chi connectivity index (χ2v) is 4.47. The molecular weight excluding hydrogens is 264 g/mol. The number of carbonyl (C=O) groups excluding carboxylic acids is 1. The topological polar surface area (TPSA) is 43.5 Å². The molecule has 0 unspecified atom stereocenters. The van der Waals surface area contributed by atoms with Crippen LogP contribution in [0, 0.1) is 0 Å². The molecule has 0 bridgehead atoms. The molecule has 5 heteroatoms. The van der Waals surface area contributed by atoms with E-state index in [-0.39, 0.29) is 11.3 Å². The van der Waals surface area contributed by atoms with Crippen LogP contribution in [0.5, 0.6) is 0 Å². The van der Waals surface area contributed by atoms with Crippen molar-refractivity contribution in [1.82, 2.24) is 8.97 Å². The number of nitrogens with zero attached hydrogens (tertiary/aromatic N) is 2. The number of hydrogen-bond donors (Lipinski definition) is 0. The molecule has 1 aromatic carbocycles. The Bertz CT molecular complexity index is 819. The van der Waals surface area contributed by atoms with Crippen molar-refractivity contribution in [3.05, 3.63) is 69.9 Å². The zero-order valence-electron chi connectivity index (χ0n) is 9.79. The van der Waals surface area contributed by atoms with Crippen LogP contribution in [0.4, 0.5) is 0 Å². The number of aldehydes is 1. The summed E-state index contributed by atoms with van der Waals surface area (Å²) in [6, 6.07) is 10.6. The largest absolute Gasteiger partial charge is 0.316 e. The van der Waals surface area contributed by atoms with Gasteiger partial charge >= 0.3 is 0 Å². The highest BCUT2D eigenvalue weighted by atomic mass is 35.5. The summed E-state index contributed by atoms with van der Waals surface area (Å²) in [6.45, 7) is 0. The first-order valence-corrected chi connectivity index (χ1v) is 6.03. The van der Waals surface area contributed by atoms with E-state index in [1.165, 1.54) is 4.57 Å². The summed E-state index contributed by atoms with van der Waals surface area (Å²) in [7, 11) is 0. The molecule has 19 heavy (non-hydrogen) atoms. The fourth-order valence-electron chi connectivity index (χ4n) is 2.09. The zero-order valence-corrected chi connectivity index (χ0v) is 10.5. The summed E-state index contributed by atoms with van der Waals surface area (Å²) in [5.74, 6) is 0. The molecule has 0 atom stereocenters. The van der Waals surface area contributed by atoms with Crippen LogP contribution in [0.25, 0.3) is 11.2 Å². The quantitative estimate of drug-likeness (QED) is 0.673. The smallest absolute Gasteiger partial charge is 0.281 e. The molecule has 4 nitrogen and oxygen atoms in total. The van der Waals surface area contributed by atoms with Crippen molar-refractivity contribution in [2.24, 2.45) is 0 Å². The molecule has 0 aliphatic rings. The molecule has 0 fully saturated rings. The highest BCUT2D eigenvalue weighted by Gasteiger charge is 2.13. The lowest BCUT2D eigenvalue weighted by Crippen LogP contribution is -2.23. The Morgan fingerprint density at radius 1 is 1.11 bits per heavy atom. The van der Waals surface area contributed by atoms with Crippen LogP contribution in [0.2, 0.25) is 5.02 Å². The van der Waals surface area contributed by atoms with Crippen LogP contribution >= 0.6 is 11.6 Å². The Morgan fingerprint density at radius 3 is 2.53 bits per heavy atom. The van der Waals surface area contributed by atoms with Gasteiger partial charge in [-0.2, -0.15) is 0 Å². The Hall–Kier alpha value is -2.33. The van der Waals surface area contributed by atoms with E-state index in [1.54, 1.807) is 47.1 Å². The number of halogens is 1. The van der Waals surface area contributed by atoms with Gasteiger partial charge in [-0.25, -0.2) is 0 Å². The van der Waals surface area contributed by atoms with E-state index in [9.17, 15) is 9.59 Å². The minimum Gasteiger partial charge on any atom is -0.316 e. The number of benzene rings is 1. The van der Waals surface area contributed by atoms with Crippen molar-refractivity contribution in [1.29, 1.82) is 0 Å². The lowest BCUT2D eigenvalue weighted by molar-refractivity contribution is 0.111. The molecule has 0 spiro atoms. The lowest BCUT2D eigenvalue weighted by atomic mass is 10.3. The van der Waals surface area contributed by atoms with Gasteiger partial charge in [-0.3, -0.25) is 14.2 Å². The van der Waals surface area contributed by atoms with E-state index in [0.717, 1.165) is 0 Å². The molecule has 0 aliphatic heterocycles. The van der Waals surface area contributed by atoms with E-state index in [2.05, 4.69) is 0 Å². The van der Waals surface area contributed by atoms with Gasteiger partial charge in [-0.05, 0) is 18.2 Å². The molecule has 0 saturated heterocycles. The number of hydrogen-bond acceptors (Lipinski definition) is 2. The maximum Gasteiger partial charge on any atom is 0.281 e. The molecule has 0 aliphatic carbocycles. The Morgan fingerprint density at radius 2 is 1.84 bits per heavy atom. The van der Waals surface area contributed by atoms with Gasteiger partial charge in [0.05, 0.1) is 5.02 Å². The third-order valence-corrected chi connectivity index (χ3v) is 3.24. The van der Waals surface area contributed by atoms with Crippen molar-refractivity contribution in [3.8, 4) is 5.69 Å². The molecule has 2 heterocycles. The third kappa shape index (κ3) is 1.77. The summed E-state index contributed by atoms with van der Waals surface area (Å²) < 4.78 is 2.92. The summed E-state index contributed by atoms with van der Waals surface area (Å²) in [5, 5.41) is 0.368. The predicted molar refractivity (Wildman–Crippen MR) is 73.4 cm³/mol. The molecule has 0 amide bonds. The van der Waals surface area contributed by atoms with Crippen LogP contribution in [0.1, 0.15) is 10.5 Å². The van der Waals surface area contributed by atoms with Gasteiger partial charge in [-0.15, -0.1) is 0 Å². The number of aromatic nitrogens is 2. The average molecular weight is 273 g/mol. The van der Waals surface area contributed by atoms with Crippen LogP contribution < -0.4 is 5.56 Å². The summed E-state index contributed by atoms with van der Waals surface area (Å²) in [4.78, 5) is 23.7.